The number of nitrogens with one attached hydrogen (secondary N) is 2. The molecule has 2 N–H and O–H groups in total. The molecule has 0 saturated carbocycles. The highest BCUT2D eigenvalue weighted by Crippen LogP contribution is 2.34. The molecule has 0 amide bonds. The molecule has 0 radical (unpaired) electrons. The number of ether oxygens (including phenoxy) is 2. The quantitative estimate of drug-likeness (QED) is 0.424. The summed E-state index contributed by atoms with van der Waals surface area (Å²) >= 11 is 0. The summed E-state index contributed by atoms with van der Waals surface area (Å²) in [5, 5.41) is 6.81. The van der Waals surface area contributed by atoms with Gasteiger partial charge in [0.1, 0.15) is 0 Å². The predicted octanol–water partition coefficient (Wildman–Crippen LogP) is 2.08. The lowest BCUT2D eigenvalue weighted by molar-refractivity contribution is 0.0992. The van der Waals surface area contributed by atoms with Gasteiger partial charge in [0.2, 0.25) is 5.88 Å². The number of hydrogen-bond acceptors (Lipinski definition) is 4. The number of guanidine groups is 1. The van der Waals surface area contributed by atoms with Gasteiger partial charge in [0, 0.05) is 25.4 Å². The van der Waals surface area contributed by atoms with Crippen LogP contribution in [0.2, 0.25) is 0 Å². The standard InChI is InChI=1S/C16H24N4O2.HI/c1-3-21-15-11(5-4-8-18-15)10-19-16(17-2)20-13-9-12-6-7-14(13)22-12;/h4-5,8,12-14H,3,6-7,9-10H2,1-2H3,(H2,17,19,20);1H. The van der Waals surface area contributed by atoms with E-state index >= 15 is 0 Å². The Hall–Kier alpha value is -1.09. The molecule has 3 unspecified atom stereocenters. The zero-order valence-electron chi connectivity index (χ0n) is 13.6. The Morgan fingerprint density at radius 2 is 2.35 bits per heavy atom. The van der Waals surface area contributed by atoms with Gasteiger partial charge < -0.3 is 20.1 Å². The first-order chi connectivity index (χ1) is 10.8. The second kappa shape index (κ2) is 8.68. The third-order valence-corrected chi connectivity index (χ3v) is 4.23. The van der Waals surface area contributed by atoms with Gasteiger partial charge in [-0.3, -0.25) is 4.99 Å². The van der Waals surface area contributed by atoms with Gasteiger partial charge in [0.25, 0.3) is 0 Å². The van der Waals surface area contributed by atoms with Crippen LogP contribution in [-0.2, 0) is 11.3 Å². The summed E-state index contributed by atoms with van der Waals surface area (Å²) < 4.78 is 11.4. The largest absolute Gasteiger partial charge is 0.478 e. The Morgan fingerprint density at radius 1 is 1.48 bits per heavy atom. The molecule has 0 aromatic carbocycles. The number of hydrogen-bond donors (Lipinski definition) is 2. The van der Waals surface area contributed by atoms with Crippen LogP contribution >= 0.6 is 24.0 Å². The van der Waals surface area contributed by atoms with Crippen molar-refractivity contribution in [2.75, 3.05) is 13.7 Å². The Kier molecular flexibility index (Phi) is 6.88. The molecule has 1 aromatic rings. The minimum atomic E-state index is 0. The van der Waals surface area contributed by atoms with E-state index in [4.69, 9.17) is 9.47 Å². The minimum absolute atomic E-state index is 0. The minimum Gasteiger partial charge on any atom is -0.478 e. The van der Waals surface area contributed by atoms with Gasteiger partial charge in [-0.1, -0.05) is 6.07 Å². The highest BCUT2D eigenvalue weighted by Gasteiger charge is 2.41. The molecule has 2 aliphatic heterocycles. The van der Waals surface area contributed by atoms with E-state index in [-0.39, 0.29) is 24.0 Å². The fourth-order valence-electron chi connectivity index (χ4n) is 3.16. The van der Waals surface area contributed by atoms with E-state index in [1.807, 2.05) is 19.1 Å². The third kappa shape index (κ3) is 4.47. The smallest absolute Gasteiger partial charge is 0.218 e. The molecule has 0 aliphatic carbocycles. The van der Waals surface area contributed by atoms with Crippen LogP contribution in [0.5, 0.6) is 5.88 Å². The Balaban J connectivity index is 0.00000192. The number of aromatic nitrogens is 1. The molecular formula is C16H25IN4O2. The molecule has 2 aliphatic rings. The second-order valence-corrected chi connectivity index (χ2v) is 5.69. The maximum Gasteiger partial charge on any atom is 0.218 e. The molecular weight excluding hydrogens is 407 g/mol. The highest BCUT2D eigenvalue weighted by atomic mass is 127. The third-order valence-electron chi connectivity index (χ3n) is 4.23. The van der Waals surface area contributed by atoms with Crippen molar-refractivity contribution in [3.8, 4) is 5.88 Å². The van der Waals surface area contributed by atoms with Gasteiger partial charge in [-0.15, -0.1) is 24.0 Å². The number of rotatable bonds is 5. The van der Waals surface area contributed by atoms with Crippen molar-refractivity contribution in [2.45, 2.75) is 51.0 Å². The lowest BCUT2D eigenvalue weighted by Gasteiger charge is -2.22. The SMILES string of the molecule is CCOc1ncccc1CNC(=NC)NC1CC2CCC1O2.I. The predicted molar refractivity (Wildman–Crippen MR) is 100 cm³/mol. The first kappa shape index (κ1) is 18.3. The highest BCUT2D eigenvalue weighted by molar-refractivity contribution is 14.0. The molecule has 3 heterocycles. The summed E-state index contributed by atoms with van der Waals surface area (Å²) in [6.07, 6.45) is 5.93. The van der Waals surface area contributed by atoms with Crippen molar-refractivity contribution in [1.82, 2.24) is 15.6 Å². The van der Waals surface area contributed by atoms with Crippen molar-refractivity contribution < 1.29 is 9.47 Å². The van der Waals surface area contributed by atoms with Crippen molar-refractivity contribution >= 4 is 29.9 Å². The van der Waals surface area contributed by atoms with Crippen LogP contribution in [0.1, 0.15) is 31.7 Å². The molecule has 3 rings (SSSR count). The first-order valence-corrected chi connectivity index (χ1v) is 7.99. The van der Waals surface area contributed by atoms with Gasteiger partial charge in [-0.05, 0) is 32.3 Å². The lowest BCUT2D eigenvalue weighted by atomic mass is 9.96. The summed E-state index contributed by atoms with van der Waals surface area (Å²) in [5.74, 6) is 1.48. The van der Waals surface area contributed by atoms with Crippen molar-refractivity contribution in [1.29, 1.82) is 0 Å². The number of aliphatic imine (C=N–C) groups is 1. The summed E-state index contributed by atoms with van der Waals surface area (Å²) in [5.41, 5.74) is 1.02. The van der Waals surface area contributed by atoms with Crippen LogP contribution in [0.3, 0.4) is 0 Å². The van der Waals surface area contributed by atoms with Gasteiger partial charge in [0.15, 0.2) is 5.96 Å². The maximum absolute atomic E-state index is 5.87. The molecule has 2 fully saturated rings. The van der Waals surface area contributed by atoms with E-state index in [0.717, 1.165) is 24.4 Å². The first-order valence-electron chi connectivity index (χ1n) is 7.99. The van der Waals surface area contributed by atoms with Crippen LogP contribution in [0, 0.1) is 0 Å². The average Bonchev–Trinajstić information content (AvgIpc) is 3.15. The van der Waals surface area contributed by atoms with E-state index in [2.05, 4.69) is 20.6 Å². The number of pyridine rings is 1. The Labute approximate surface area is 154 Å². The van der Waals surface area contributed by atoms with E-state index in [0.29, 0.717) is 37.3 Å². The average molecular weight is 432 g/mol. The van der Waals surface area contributed by atoms with Gasteiger partial charge in [0.05, 0.1) is 24.9 Å². The number of fused-ring (bicyclic) bond motifs is 2. The molecule has 3 atom stereocenters. The van der Waals surface area contributed by atoms with Crippen LogP contribution in [-0.4, -0.2) is 42.8 Å². The molecule has 128 valence electrons. The normalized spacial score (nSPS) is 25.8. The van der Waals surface area contributed by atoms with Crippen LogP contribution in [0.4, 0.5) is 0 Å². The zero-order valence-corrected chi connectivity index (χ0v) is 15.9. The van der Waals surface area contributed by atoms with Crippen LogP contribution in [0.25, 0.3) is 0 Å². The molecule has 2 bridgehead atoms. The summed E-state index contributed by atoms with van der Waals surface area (Å²) in [4.78, 5) is 8.57. The van der Waals surface area contributed by atoms with E-state index in [9.17, 15) is 0 Å². The van der Waals surface area contributed by atoms with Crippen LogP contribution in [0.15, 0.2) is 23.3 Å². The molecule has 7 heteroatoms. The monoisotopic (exact) mass is 432 g/mol. The summed E-state index contributed by atoms with van der Waals surface area (Å²) in [7, 11) is 1.79. The van der Waals surface area contributed by atoms with E-state index in [1.165, 1.54) is 6.42 Å². The van der Waals surface area contributed by atoms with E-state index in [1.54, 1.807) is 13.2 Å². The fraction of sp³-hybridized carbons (Fsp3) is 0.625. The van der Waals surface area contributed by atoms with Crippen molar-refractivity contribution in [3.05, 3.63) is 23.9 Å². The molecule has 1 aromatic heterocycles. The number of halogens is 1. The number of nitrogens with zero attached hydrogens (tertiary/aromatic N) is 2. The fourth-order valence-corrected chi connectivity index (χ4v) is 3.16. The summed E-state index contributed by atoms with van der Waals surface area (Å²) in [6.45, 7) is 3.20. The summed E-state index contributed by atoms with van der Waals surface area (Å²) in [6, 6.07) is 4.29. The van der Waals surface area contributed by atoms with Crippen LogP contribution < -0.4 is 15.4 Å². The topological polar surface area (TPSA) is 67.8 Å². The molecule has 23 heavy (non-hydrogen) atoms. The van der Waals surface area contributed by atoms with Gasteiger partial charge in [-0.2, -0.15) is 0 Å². The lowest BCUT2D eigenvalue weighted by Crippen LogP contribution is -2.47. The molecule has 6 nitrogen and oxygen atoms in total. The van der Waals surface area contributed by atoms with Gasteiger partial charge in [-0.25, -0.2) is 4.98 Å². The van der Waals surface area contributed by atoms with E-state index < -0.39 is 0 Å². The maximum atomic E-state index is 5.87. The van der Waals surface area contributed by atoms with Crippen molar-refractivity contribution in [3.63, 3.8) is 0 Å². The molecule has 0 spiro atoms. The van der Waals surface area contributed by atoms with Gasteiger partial charge >= 0.3 is 0 Å². The zero-order chi connectivity index (χ0) is 15.4. The Bertz CT molecular complexity index is 541. The second-order valence-electron chi connectivity index (χ2n) is 5.69. The Morgan fingerprint density at radius 3 is 3.00 bits per heavy atom. The molecule has 2 saturated heterocycles. The van der Waals surface area contributed by atoms with Crippen molar-refractivity contribution in [2.24, 2.45) is 4.99 Å².